The van der Waals surface area contributed by atoms with Crippen LogP contribution in [-0.2, 0) is 24.1 Å². The van der Waals surface area contributed by atoms with Crippen molar-refractivity contribution < 1.29 is 19.1 Å². The van der Waals surface area contributed by atoms with Crippen molar-refractivity contribution in [1.82, 2.24) is 4.98 Å². The molecule has 5 rings (SSSR count). The van der Waals surface area contributed by atoms with Gasteiger partial charge in [-0.1, -0.05) is 30.3 Å². The van der Waals surface area contributed by atoms with Crippen LogP contribution >= 0.6 is 0 Å². The number of fused-ring (bicyclic) bond motifs is 4. The number of hydrogen-bond donors (Lipinski definition) is 2. The lowest BCUT2D eigenvalue weighted by atomic mass is 9.92. The Morgan fingerprint density at radius 3 is 2.84 bits per heavy atom. The summed E-state index contributed by atoms with van der Waals surface area (Å²) in [7, 11) is 0. The van der Waals surface area contributed by atoms with E-state index in [9.17, 15) is 14.7 Å². The van der Waals surface area contributed by atoms with E-state index in [1.54, 1.807) is 6.07 Å². The van der Waals surface area contributed by atoms with Crippen molar-refractivity contribution in [3.05, 3.63) is 71.1 Å². The molecular formula is C26H25NO4. The van der Waals surface area contributed by atoms with Gasteiger partial charge in [-0.3, -0.25) is 9.59 Å². The topological polar surface area (TPSA) is 83.3 Å². The maximum Gasteiger partial charge on any atom is 0.306 e. The highest BCUT2D eigenvalue weighted by atomic mass is 16.4. The number of H-pyrrole nitrogens is 1. The Balaban J connectivity index is 1.25. The summed E-state index contributed by atoms with van der Waals surface area (Å²) in [5.41, 5.74) is 4.79. The molecule has 2 heterocycles. The van der Waals surface area contributed by atoms with Gasteiger partial charge in [0.1, 0.15) is 11.3 Å². The normalized spacial score (nSPS) is 14.2. The summed E-state index contributed by atoms with van der Waals surface area (Å²) in [4.78, 5) is 27.9. The first-order valence-electron chi connectivity index (χ1n) is 11.0. The number of carbonyl (C=O) groups is 2. The number of Topliss-reactive ketones (excluding diaryl/α,β-unsaturated/α-hetero) is 1. The van der Waals surface area contributed by atoms with Crippen LogP contribution in [0.3, 0.4) is 0 Å². The molecule has 5 nitrogen and oxygen atoms in total. The summed E-state index contributed by atoms with van der Waals surface area (Å²) in [5, 5.41) is 11.9. The van der Waals surface area contributed by atoms with E-state index in [2.05, 4.69) is 11.1 Å². The summed E-state index contributed by atoms with van der Waals surface area (Å²) in [6.07, 6.45) is 7.05. The second kappa shape index (κ2) is 8.06. The van der Waals surface area contributed by atoms with Crippen LogP contribution in [0, 0.1) is 5.92 Å². The fraction of sp³-hybridized carbons (Fsp3) is 0.308. The van der Waals surface area contributed by atoms with Crippen LogP contribution in [0.2, 0.25) is 0 Å². The molecule has 0 radical (unpaired) electrons. The van der Waals surface area contributed by atoms with Crippen LogP contribution in [0.4, 0.5) is 0 Å². The Labute approximate surface area is 180 Å². The maximum atomic E-state index is 12.8. The van der Waals surface area contributed by atoms with Crippen molar-refractivity contribution in [2.45, 2.75) is 44.9 Å². The summed E-state index contributed by atoms with van der Waals surface area (Å²) in [6, 6.07) is 13.6. The molecule has 2 aromatic carbocycles. The molecule has 158 valence electrons. The third kappa shape index (κ3) is 3.76. The first-order chi connectivity index (χ1) is 15.1. The van der Waals surface area contributed by atoms with Crippen LogP contribution in [0.5, 0.6) is 0 Å². The maximum absolute atomic E-state index is 12.8. The van der Waals surface area contributed by atoms with E-state index in [4.69, 9.17) is 4.42 Å². The Bertz CT molecular complexity index is 1280. The number of aromatic amines is 1. The zero-order valence-corrected chi connectivity index (χ0v) is 17.3. The summed E-state index contributed by atoms with van der Waals surface area (Å²) in [6.45, 7) is 0. The third-order valence-corrected chi connectivity index (χ3v) is 6.48. The number of furan rings is 1. The molecule has 1 aliphatic carbocycles. The number of para-hydroxylation sites is 1. The van der Waals surface area contributed by atoms with Gasteiger partial charge >= 0.3 is 5.97 Å². The van der Waals surface area contributed by atoms with Crippen molar-refractivity contribution in [1.29, 1.82) is 0 Å². The lowest BCUT2D eigenvalue weighted by Gasteiger charge is -2.11. The lowest BCUT2D eigenvalue weighted by molar-refractivity contribution is -0.141. The number of aromatic nitrogens is 1. The second-order valence-electron chi connectivity index (χ2n) is 8.48. The van der Waals surface area contributed by atoms with E-state index in [1.165, 1.54) is 16.5 Å². The lowest BCUT2D eigenvalue weighted by Crippen LogP contribution is -2.18. The van der Waals surface area contributed by atoms with E-state index < -0.39 is 11.9 Å². The summed E-state index contributed by atoms with van der Waals surface area (Å²) < 4.78 is 5.92. The third-order valence-electron chi connectivity index (χ3n) is 6.48. The number of carboxylic acids is 1. The molecule has 0 saturated heterocycles. The highest BCUT2D eigenvalue weighted by Gasteiger charge is 2.24. The molecule has 31 heavy (non-hydrogen) atoms. The molecule has 1 aliphatic rings. The first kappa shape index (κ1) is 19.6. The number of carboxylic acid groups (broad SMARTS) is 1. The Kier molecular flexibility index (Phi) is 5.10. The van der Waals surface area contributed by atoms with E-state index in [0.29, 0.717) is 12.0 Å². The first-order valence-corrected chi connectivity index (χ1v) is 11.0. The summed E-state index contributed by atoms with van der Waals surface area (Å²) in [5.74, 6) is -0.710. The van der Waals surface area contributed by atoms with Gasteiger partial charge < -0.3 is 14.5 Å². The molecule has 4 aromatic rings. The molecule has 0 bridgehead atoms. The van der Waals surface area contributed by atoms with Crippen molar-refractivity contribution in [3.8, 4) is 0 Å². The predicted octanol–water partition coefficient (Wildman–Crippen LogP) is 5.70. The number of aliphatic carboxylic acids is 1. The van der Waals surface area contributed by atoms with Crippen LogP contribution in [-0.4, -0.2) is 21.8 Å². The van der Waals surface area contributed by atoms with Gasteiger partial charge in [-0.25, -0.2) is 0 Å². The molecular weight excluding hydrogens is 390 g/mol. The summed E-state index contributed by atoms with van der Waals surface area (Å²) >= 11 is 0. The van der Waals surface area contributed by atoms with Crippen LogP contribution in [0.25, 0.3) is 21.9 Å². The van der Waals surface area contributed by atoms with Crippen LogP contribution < -0.4 is 0 Å². The van der Waals surface area contributed by atoms with Gasteiger partial charge in [0, 0.05) is 46.5 Å². The number of hydrogen-bond acceptors (Lipinski definition) is 3. The Hall–Kier alpha value is -3.34. The number of aryl methyl sites for hydroxylation is 3. The fourth-order valence-corrected chi connectivity index (χ4v) is 4.81. The Morgan fingerprint density at radius 2 is 1.97 bits per heavy atom. The van der Waals surface area contributed by atoms with Crippen molar-refractivity contribution in [2.24, 2.45) is 5.92 Å². The number of benzene rings is 2. The van der Waals surface area contributed by atoms with Crippen LogP contribution in [0.1, 0.15) is 52.9 Å². The molecule has 1 atom stereocenters. The van der Waals surface area contributed by atoms with E-state index in [-0.39, 0.29) is 12.2 Å². The molecule has 0 unspecified atom stereocenters. The van der Waals surface area contributed by atoms with E-state index in [1.807, 2.05) is 36.5 Å². The minimum atomic E-state index is -0.912. The van der Waals surface area contributed by atoms with Gasteiger partial charge in [0.25, 0.3) is 0 Å². The highest BCUT2D eigenvalue weighted by molar-refractivity contribution is 6.01. The van der Waals surface area contributed by atoms with Crippen molar-refractivity contribution >= 4 is 33.6 Å². The van der Waals surface area contributed by atoms with Gasteiger partial charge in [-0.05, 0) is 49.8 Å². The zero-order valence-electron chi connectivity index (χ0n) is 17.3. The van der Waals surface area contributed by atoms with Gasteiger partial charge in [0.05, 0.1) is 5.92 Å². The fourth-order valence-electron chi connectivity index (χ4n) is 4.81. The van der Waals surface area contributed by atoms with Crippen LogP contribution in [0.15, 0.2) is 53.1 Å². The molecule has 0 saturated carbocycles. The standard InChI is InChI=1S/C26H25NO4/c28-23(16-11-12-21-20-8-4-10-24(20)31-25(21)14-16)13-17(26(29)30)5-3-6-18-15-27-22-9-2-1-7-19(18)22/h1-2,7,9,11-12,14-15,17,27H,3-6,8,10,13H2,(H,29,30)/t17-/m0/s1. The van der Waals surface area contributed by atoms with Crippen molar-refractivity contribution in [2.75, 3.05) is 0 Å². The van der Waals surface area contributed by atoms with Gasteiger partial charge in [0.15, 0.2) is 5.78 Å². The number of rotatable bonds is 8. The average molecular weight is 415 g/mol. The van der Waals surface area contributed by atoms with E-state index in [0.717, 1.165) is 54.4 Å². The van der Waals surface area contributed by atoms with Gasteiger partial charge in [-0.2, -0.15) is 0 Å². The SMILES string of the molecule is O=C(C[C@H](CCCc1c[nH]c2ccccc12)C(=O)O)c1ccc2c3c(oc2c1)CCC3. The number of carbonyl (C=O) groups excluding carboxylic acids is 1. The van der Waals surface area contributed by atoms with E-state index >= 15 is 0 Å². The average Bonchev–Trinajstić information content (AvgIpc) is 3.47. The molecule has 5 heteroatoms. The molecule has 2 aromatic heterocycles. The molecule has 0 spiro atoms. The van der Waals surface area contributed by atoms with Gasteiger partial charge in [0.2, 0.25) is 0 Å². The molecule has 2 N–H and O–H groups in total. The molecule has 0 amide bonds. The quantitative estimate of drug-likeness (QED) is 0.362. The largest absolute Gasteiger partial charge is 0.481 e. The number of ketones is 1. The monoisotopic (exact) mass is 415 g/mol. The zero-order chi connectivity index (χ0) is 21.4. The minimum absolute atomic E-state index is 0.00907. The molecule has 0 fully saturated rings. The van der Waals surface area contributed by atoms with Crippen molar-refractivity contribution in [3.63, 3.8) is 0 Å². The minimum Gasteiger partial charge on any atom is -0.481 e. The smallest absolute Gasteiger partial charge is 0.306 e. The second-order valence-corrected chi connectivity index (χ2v) is 8.48. The highest BCUT2D eigenvalue weighted by Crippen LogP contribution is 2.33. The predicted molar refractivity (Wildman–Crippen MR) is 120 cm³/mol. The Morgan fingerprint density at radius 1 is 1.10 bits per heavy atom. The number of nitrogens with one attached hydrogen (secondary N) is 1. The molecule has 0 aliphatic heterocycles. The van der Waals surface area contributed by atoms with Gasteiger partial charge in [-0.15, -0.1) is 0 Å².